The topological polar surface area (TPSA) is 41.6 Å². The summed E-state index contributed by atoms with van der Waals surface area (Å²) in [6, 6.07) is 2.58. The summed E-state index contributed by atoms with van der Waals surface area (Å²) in [5, 5.41) is 5.52. The van der Waals surface area contributed by atoms with E-state index in [1.807, 2.05) is 16.2 Å². The molecule has 1 aliphatic carbocycles. The van der Waals surface area contributed by atoms with Crippen molar-refractivity contribution < 1.29 is 9.53 Å². The highest BCUT2D eigenvalue weighted by Gasteiger charge is 2.26. The van der Waals surface area contributed by atoms with E-state index < -0.39 is 0 Å². The van der Waals surface area contributed by atoms with Crippen LogP contribution in [0.5, 0.6) is 0 Å². The number of ether oxygens (including phenoxy) is 1. The molecule has 1 aromatic rings. The van der Waals surface area contributed by atoms with Gasteiger partial charge in [0.15, 0.2) is 0 Å². The van der Waals surface area contributed by atoms with E-state index in [0.717, 1.165) is 38.8 Å². The standard InChI is InChI=1S/C15H22N2O2S/c1-19-13-3-2-12(8-13)16-9-15(18)17-6-4-14-11(10-17)5-7-20-14/h5,7,12-13,16H,2-4,6,8-10H2,1H3. The van der Waals surface area contributed by atoms with Crippen LogP contribution in [0.25, 0.3) is 0 Å². The Morgan fingerprint density at radius 2 is 2.45 bits per heavy atom. The molecule has 0 spiro atoms. The monoisotopic (exact) mass is 294 g/mol. The largest absolute Gasteiger partial charge is 0.381 e. The first kappa shape index (κ1) is 14.0. The first-order valence-electron chi connectivity index (χ1n) is 7.35. The Hall–Kier alpha value is -0.910. The molecule has 1 aromatic heterocycles. The summed E-state index contributed by atoms with van der Waals surface area (Å²) in [4.78, 5) is 15.7. The molecule has 2 heterocycles. The molecule has 1 amide bonds. The third-order valence-corrected chi connectivity index (χ3v) is 5.44. The number of carbonyl (C=O) groups excluding carboxylic acids is 1. The summed E-state index contributed by atoms with van der Waals surface area (Å²) < 4.78 is 5.36. The number of rotatable bonds is 4. The third kappa shape index (κ3) is 3.05. The Morgan fingerprint density at radius 3 is 3.25 bits per heavy atom. The molecule has 110 valence electrons. The molecular formula is C15H22N2O2S. The zero-order valence-electron chi connectivity index (χ0n) is 11.9. The Labute approximate surface area is 124 Å². The van der Waals surface area contributed by atoms with E-state index in [1.54, 1.807) is 7.11 Å². The van der Waals surface area contributed by atoms with Gasteiger partial charge in [0.25, 0.3) is 0 Å². The smallest absolute Gasteiger partial charge is 0.236 e. The number of carbonyl (C=O) groups is 1. The lowest BCUT2D eigenvalue weighted by molar-refractivity contribution is -0.131. The lowest BCUT2D eigenvalue weighted by Gasteiger charge is -2.27. The maximum absolute atomic E-state index is 12.3. The zero-order valence-corrected chi connectivity index (χ0v) is 12.7. The van der Waals surface area contributed by atoms with Gasteiger partial charge in [-0.05, 0) is 42.7 Å². The van der Waals surface area contributed by atoms with Crippen LogP contribution in [0.1, 0.15) is 29.7 Å². The molecule has 0 aromatic carbocycles. The molecule has 1 N–H and O–H groups in total. The Kier molecular flexibility index (Phi) is 4.38. The number of fused-ring (bicyclic) bond motifs is 1. The molecule has 3 rings (SSSR count). The van der Waals surface area contributed by atoms with Crippen molar-refractivity contribution in [2.24, 2.45) is 0 Å². The summed E-state index contributed by atoms with van der Waals surface area (Å²) in [6.07, 6.45) is 4.61. The quantitative estimate of drug-likeness (QED) is 0.920. The van der Waals surface area contributed by atoms with Crippen LogP contribution in [0, 0.1) is 0 Å². The average molecular weight is 294 g/mol. The van der Waals surface area contributed by atoms with Gasteiger partial charge in [-0.3, -0.25) is 4.79 Å². The van der Waals surface area contributed by atoms with Crippen LogP contribution in [0.2, 0.25) is 0 Å². The van der Waals surface area contributed by atoms with Gasteiger partial charge in [0.05, 0.1) is 12.6 Å². The van der Waals surface area contributed by atoms with Crippen LogP contribution in [0.3, 0.4) is 0 Å². The van der Waals surface area contributed by atoms with Crippen molar-refractivity contribution in [3.63, 3.8) is 0 Å². The normalized spacial score (nSPS) is 25.8. The number of amides is 1. The van der Waals surface area contributed by atoms with Crippen molar-refractivity contribution >= 4 is 17.2 Å². The van der Waals surface area contributed by atoms with Crippen LogP contribution in [0.4, 0.5) is 0 Å². The molecule has 1 fully saturated rings. The Morgan fingerprint density at radius 1 is 1.55 bits per heavy atom. The van der Waals surface area contributed by atoms with Gasteiger partial charge >= 0.3 is 0 Å². The highest BCUT2D eigenvalue weighted by atomic mass is 32.1. The summed E-state index contributed by atoms with van der Waals surface area (Å²) >= 11 is 1.81. The van der Waals surface area contributed by atoms with Gasteiger partial charge in [0.2, 0.25) is 5.91 Å². The minimum atomic E-state index is 0.225. The molecule has 2 unspecified atom stereocenters. The van der Waals surface area contributed by atoms with Crippen molar-refractivity contribution in [2.45, 2.75) is 44.4 Å². The molecule has 0 radical (unpaired) electrons. The van der Waals surface area contributed by atoms with Crippen molar-refractivity contribution in [2.75, 3.05) is 20.2 Å². The van der Waals surface area contributed by atoms with Gasteiger partial charge in [0, 0.05) is 31.1 Å². The number of hydrogen-bond acceptors (Lipinski definition) is 4. The van der Waals surface area contributed by atoms with Crippen LogP contribution < -0.4 is 5.32 Å². The predicted molar refractivity (Wildman–Crippen MR) is 79.9 cm³/mol. The highest BCUT2D eigenvalue weighted by Crippen LogP contribution is 2.24. The van der Waals surface area contributed by atoms with E-state index in [9.17, 15) is 4.79 Å². The first-order chi connectivity index (χ1) is 9.76. The van der Waals surface area contributed by atoms with E-state index in [1.165, 1.54) is 10.4 Å². The van der Waals surface area contributed by atoms with E-state index in [4.69, 9.17) is 4.74 Å². The zero-order chi connectivity index (χ0) is 13.9. The molecule has 20 heavy (non-hydrogen) atoms. The van der Waals surface area contributed by atoms with Crippen LogP contribution in [-0.2, 0) is 22.5 Å². The van der Waals surface area contributed by atoms with E-state index >= 15 is 0 Å². The van der Waals surface area contributed by atoms with E-state index in [-0.39, 0.29) is 5.91 Å². The number of nitrogens with zero attached hydrogens (tertiary/aromatic N) is 1. The van der Waals surface area contributed by atoms with Gasteiger partial charge in [-0.2, -0.15) is 0 Å². The summed E-state index contributed by atoms with van der Waals surface area (Å²) in [6.45, 7) is 2.10. The highest BCUT2D eigenvalue weighted by molar-refractivity contribution is 7.10. The van der Waals surface area contributed by atoms with Crippen LogP contribution >= 0.6 is 11.3 Å². The molecule has 5 heteroatoms. The lowest BCUT2D eigenvalue weighted by Crippen LogP contribution is -2.43. The minimum Gasteiger partial charge on any atom is -0.381 e. The average Bonchev–Trinajstić information content (AvgIpc) is 3.12. The molecule has 2 aliphatic rings. The molecule has 4 nitrogen and oxygen atoms in total. The molecular weight excluding hydrogens is 272 g/mol. The second-order valence-electron chi connectivity index (χ2n) is 5.68. The molecule has 0 saturated heterocycles. The number of methoxy groups -OCH3 is 1. The SMILES string of the molecule is COC1CCC(NCC(=O)N2CCc3sccc3C2)C1. The van der Waals surface area contributed by atoms with Crippen molar-refractivity contribution in [3.05, 3.63) is 21.9 Å². The molecule has 0 bridgehead atoms. The summed E-state index contributed by atoms with van der Waals surface area (Å²) in [5.74, 6) is 0.225. The fraction of sp³-hybridized carbons (Fsp3) is 0.667. The van der Waals surface area contributed by atoms with Gasteiger partial charge < -0.3 is 15.0 Å². The van der Waals surface area contributed by atoms with Crippen molar-refractivity contribution in [1.82, 2.24) is 10.2 Å². The third-order valence-electron chi connectivity index (χ3n) is 4.42. The summed E-state index contributed by atoms with van der Waals surface area (Å²) in [5.41, 5.74) is 1.33. The fourth-order valence-corrected chi connectivity index (χ4v) is 4.03. The second-order valence-corrected chi connectivity index (χ2v) is 6.68. The van der Waals surface area contributed by atoms with Crippen LogP contribution in [-0.4, -0.2) is 43.2 Å². The van der Waals surface area contributed by atoms with Crippen LogP contribution in [0.15, 0.2) is 11.4 Å². The number of hydrogen-bond donors (Lipinski definition) is 1. The van der Waals surface area contributed by atoms with Crippen molar-refractivity contribution in [1.29, 1.82) is 0 Å². The number of thiophene rings is 1. The maximum atomic E-state index is 12.3. The first-order valence-corrected chi connectivity index (χ1v) is 8.23. The van der Waals surface area contributed by atoms with Gasteiger partial charge in [-0.25, -0.2) is 0 Å². The predicted octanol–water partition coefficient (Wildman–Crippen LogP) is 1.79. The Balaban J connectivity index is 1.46. The number of nitrogens with one attached hydrogen (secondary N) is 1. The van der Waals surface area contributed by atoms with E-state index in [2.05, 4.69) is 16.8 Å². The molecule has 1 aliphatic heterocycles. The lowest BCUT2D eigenvalue weighted by atomic mass is 10.1. The minimum absolute atomic E-state index is 0.225. The maximum Gasteiger partial charge on any atom is 0.236 e. The summed E-state index contributed by atoms with van der Waals surface area (Å²) in [7, 11) is 1.77. The van der Waals surface area contributed by atoms with Gasteiger partial charge in [0.1, 0.15) is 0 Å². The molecule has 1 saturated carbocycles. The second kappa shape index (κ2) is 6.24. The van der Waals surface area contributed by atoms with Gasteiger partial charge in [-0.15, -0.1) is 11.3 Å². The van der Waals surface area contributed by atoms with E-state index in [0.29, 0.717) is 18.7 Å². The fourth-order valence-electron chi connectivity index (χ4n) is 3.14. The van der Waals surface area contributed by atoms with Crippen molar-refractivity contribution in [3.8, 4) is 0 Å². The van der Waals surface area contributed by atoms with Gasteiger partial charge in [-0.1, -0.05) is 0 Å². The molecule has 2 atom stereocenters. The Bertz CT molecular complexity index is 474.